The lowest BCUT2D eigenvalue weighted by atomic mass is 10.1. The fourth-order valence-electron chi connectivity index (χ4n) is 2.08. The maximum atomic E-state index is 11.9. The molecule has 6 heteroatoms. The summed E-state index contributed by atoms with van der Waals surface area (Å²) in [6.07, 6.45) is -0.983. The van der Waals surface area contributed by atoms with Gasteiger partial charge in [0.05, 0.1) is 6.42 Å². The molecule has 2 aromatic rings. The lowest BCUT2D eigenvalue weighted by Crippen LogP contribution is -2.43. The topological polar surface area (TPSA) is 84.5 Å². The van der Waals surface area contributed by atoms with Crippen molar-refractivity contribution in [3.8, 4) is 0 Å². The summed E-state index contributed by atoms with van der Waals surface area (Å²) in [5.74, 6) is -1.20. The zero-order valence-electron chi connectivity index (χ0n) is 13.0. The van der Waals surface area contributed by atoms with Gasteiger partial charge in [0, 0.05) is 7.05 Å². The first-order valence-corrected chi connectivity index (χ1v) is 7.19. The molecule has 2 aromatic carbocycles. The molecule has 0 bridgehead atoms. The van der Waals surface area contributed by atoms with Crippen molar-refractivity contribution in [2.45, 2.75) is 19.4 Å². The number of fused-ring (bicyclic) bond motifs is 1. The molecule has 0 unspecified atom stereocenters. The monoisotopic (exact) mass is 314 g/mol. The Balaban J connectivity index is 1.95. The summed E-state index contributed by atoms with van der Waals surface area (Å²) in [7, 11) is 1.39. The first kappa shape index (κ1) is 16.5. The van der Waals surface area contributed by atoms with Crippen molar-refractivity contribution in [3.63, 3.8) is 0 Å². The molecule has 2 rings (SSSR count). The average molecular weight is 314 g/mol. The lowest BCUT2D eigenvalue weighted by Gasteiger charge is -2.12. The van der Waals surface area contributed by atoms with Gasteiger partial charge in [0.2, 0.25) is 0 Å². The molecule has 3 amide bonds. The fraction of sp³-hybridized carbons (Fsp3) is 0.235. The van der Waals surface area contributed by atoms with E-state index in [0.717, 1.165) is 16.3 Å². The molecule has 0 aromatic heterocycles. The van der Waals surface area contributed by atoms with E-state index in [1.807, 2.05) is 42.5 Å². The van der Waals surface area contributed by atoms with Gasteiger partial charge in [0.15, 0.2) is 6.10 Å². The highest BCUT2D eigenvalue weighted by Gasteiger charge is 2.19. The second-order valence-corrected chi connectivity index (χ2v) is 5.06. The van der Waals surface area contributed by atoms with E-state index in [2.05, 4.69) is 10.6 Å². The molecule has 0 heterocycles. The second-order valence-electron chi connectivity index (χ2n) is 5.06. The number of ether oxygens (including phenoxy) is 1. The Morgan fingerprint density at radius 1 is 1.09 bits per heavy atom. The summed E-state index contributed by atoms with van der Waals surface area (Å²) >= 11 is 0. The minimum atomic E-state index is -1.04. The van der Waals surface area contributed by atoms with E-state index in [0.29, 0.717) is 0 Å². The van der Waals surface area contributed by atoms with Crippen LogP contribution in [0.3, 0.4) is 0 Å². The summed E-state index contributed by atoms with van der Waals surface area (Å²) in [4.78, 5) is 34.6. The molecule has 0 saturated heterocycles. The molecule has 0 radical (unpaired) electrons. The van der Waals surface area contributed by atoms with E-state index in [1.165, 1.54) is 14.0 Å². The summed E-state index contributed by atoms with van der Waals surface area (Å²) in [5, 5.41) is 6.42. The normalized spacial score (nSPS) is 11.6. The number of rotatable bonds is 4. The van der Waals surface area contributed by atoms with Crippen molar-refractivity contribution in [1.82, 2.24) is 10.6 Å². The van der Waals surface area contributed by atoms with Gasteiger partial charge in [-0.25, -0.2) is 4.79 Å². The van der Waals surface area contributed by atoms with E-state index >= 15 is 0 Å². The Bertz CT molecular complexity index is 742. The van der Waals surface area contributed by atoms with Crippen LogP contribution in [-0.2, 0) is 20.7 Å². The number of hydrogen-bond acceptors (Lipinski definition) is 4. The van der Waals surface area contributed by atoms with Crippen molar-refractivity contribution < 1.29 is 19.1 Å². The van der Waals surface area contributed by atoms with Crippen molar-refractivity contribution in [1.29, 1.82) is 0 Å². The van der Waals surface area contributed by atoms with Crippen LogP contribution in [0.15, 0.2) is 42.5 Å². The highest BCUT2D eigenvalue weighted by molar-refractivity contribution is 5.97. The molecule has 6 nitrogen and oxygen atoms in total. The Morgan fingerprint density at radius 2 is 1.78 bits per heavy atom. The van der Waals surface area contributed by atoms with Gasteiger partial charge in [-0.05, 0) is 23.3 Å². The number of carbonyl (C=O) groups excluding carboxylic acids is 3. The van der Waals surface area contributed by atoms with E-state index in [4.69, 9.17) is 4.74 Å². The van der Waals surface area contributed by atoms with Crippen molar-refractivity contribution >= 4 is 28.7 Å². The number of esters is 1. The van der Waals surface area contributed by atoms with Crippen LogP contribution >= 0.6 is 0 Å². The third-order valence-corrected chi connectivity index (χ3v) is 3.30. The van der Waals surface area contributed by atoms with E-state index < -0.39 is 24.0 Å². The van der Waals surface area contributed by atoms with Crippen LogP contribution in [0.25, 0.3) is 10.8 Å². The van der Waals surface area contributed by atoms with E-state index in [1.54, 1.807) is 0 Å². The third-order valence-electron chi connectivity index (χ3n) is 3.30. The third kappa shape index (κ3) is 4.54. The van der Waals surface area contributed by atoms with Crippen LogP contribution in [0.2, 0.25) is 0 Å². The summed E-state index contributed by atoms with van der Waals surface area (Å²) in [6, 6.07) is 12.9. The number of urea groups is 1. The SMILES string of the molecule is CNC(=O)NC(=O)[C@@H](C)OC(=O)Cc1ccc2ccccc2c1. The average Bonchev–Trinajstić information content (AvgIpc) is 2.54. The maximum absolute atomic E-state index is 11.9. The largest absolute Gasteiger partial charge is 0.452 e. The lowest BCUT2D eigenvalue weighted by molar-refractivity contribution is -0.153. The first-order chi connectivity index (χ1) is 11.0. The van der Waals surface area contributed by atoms with Crippen molar-refractivity contribution in [2.75, 3.05) is 7.05 Å². The molecule has 0 fully saturated rings. The maximum Gasteiger partial charge on any atom is 0.321 e. The van der Waals surface area contributed by atoms with Gasteiger partial charge in [0.25, 0.3) is 5.91 Å². The van der Waals surface area contributed by atoms with E-state index in [-0.39, 0.29) is 6.42 Å². The zero-order chi connectivity index (χ0) is 16.8. The predicted molar refractivity (Wildman–Crippen MR) is 85.8 cm³/mol. The fourth-order valence-corrected chi connectivity index (χ4v) is 2.08. The number of imide groups is 1. The van der Waals surface area contributed by atoms with Gasteiger partial charge in [-0.15, -0.1) is 0 Å². The molecule has 0 spiro atoms. The van der Waals surface area contributed by atoms with Gasteiger partial charge in [-0.2, -0.15) is 0 Å². The predicted octanol–water partition coefficient (Wildman–Crippen LogP) is 1.77. The van der Waals surface area contributed by atoms with Crippen LogP contribution in [0.5, 0.6) is 0 Å². The van der Waals surface area contributed by atoms with Crippen LogP contribution in [-0.4, -0.2) is 31.1 Å². The van der Waals surface area contributed by atoms with Gasteiger partial charge in [0.1, 0.15) is 0 Å². The number of benzene rings is 2. The Hall–Kier alpha value is -2.89. The molecule has 120 valence electrons. The summed E-state index contributed by atoms with van der Waals surface area (Å²) in [6.45, 7) is 1.41. The number of carbonyl (C=O) groups is 3. The number of amides is 3. The standard InChI is InChI=1S/C17H18N2O4/c1-11(16(21)19-17(22)18-2)23-15(20)10-12-7-8-13-5-3-4-6-14(13)9-12/h3-9,11H,10H2,1-2H3,(H2,18,19,21,22)/t11-/m1/s1. The molecular weight excluding hydrogens is 296 g/mol. The summed E-state index contributed by atoms with van der Waals surface area (Å²) < 4.78 is 5.04. The number of nitrogens with one attached hydrogen (secondary N) is 2. The van der Waals surface area contributed by atoms with Crippen LogP contribution in [0.1, 0.15) is 12.5 Å². The smallest absolute Gasteiger partial charge is 0.321 e. The minimum absolute atomic E-state index is 0.0580. The zero-order valence-corrected chi connectivity index (χ0v) is 13.0. The molecule has 0 aliphatic heterocycles. The van der Waals surface area contributed by atoms with Gasteiger partial charge in [-0.3, -0.25) is 14.9 Å². The Kier molecular flexibility index (Phi) is 5.30. The second kappa shape index (κ2) is 7.40. The molecular formula is C17H18N2O4. The first-order valence-electron chi connectivity index (χ1n) is 7.19. The quantitative estimate of drug-likeness (QED) is 0.842. The van der Waals surface area contributed by atoms with Gasteiger partial charge < -0.3 is 10.1 Å². The molecule has 2 N–H and O–H groups in total. The van der Waals surface area contributed by atoms with Crippen LogP contribution in [0, 0.1) is 0 Å². The summed E-state index contributed by atoms with van der Waals surface area (Å²) in [5.41, 5.74) is 0.799. The number of hydrogen-bond donors (Lipinski definition) is 2. The van der Waals surface area contributed by atoms with Crippen molar-refractivity contribution in [2.24, 2.45) is 0 Å². The highest BCUT2D eigenvalue weighted by Crippen LogP contribution is 2.16. The minimum Gasteiger partial charge on any atom is -0.452 e. The Morgan fingerprint density at radius 3 is 2.48 bits per heavy atom. The van der Waals surface area contributed by atoms with Crippen molar-refractivity contribution in [3.05, 3.63) is 48.0 Å². The molecule has 0 saturated carbocycles. The Labute approximate surface area is 133 Å². The van der Waals surface area contributed by atoms with Crippen LogP contribution < -0.4 is 10.6 Å². The van der Waals surface area contributed by atoms with Gasteiger partial charge in [-0.1, -0.05) is 42.5 Å². The highest BCUT2D eigenvalue weighted by atomic mass is 16.5. The molecule has 0 aliphatic carbocycles. The van der Waals surface area contributed by atoms with E-state index in [9.17, 15) is 14.4 Å². The van der Waals surface area contributed by atoms with Crippen LogP contribution in [0.4, 0.5) is 4.79 Å². The molecule has 23 heavy (non-hydrogen) atoms. The molecule has 1 atom stereocenters. The molecule has 0 aliphatic rings. The van der Waals surface area contributed by atoms with Gasteiger partial charge >= 0.3 is 12.0 Å².